The number of benzene rings is 1. The lowest BCUT2D eigenvalue weighted by Crippen LogP contribution is -2.36. The number of likely N-dealkylation sites (N-methyl/N-ethyl adjacent to an activating group) is 1. The fraction of sp³-hybridized carbons (Fsp3) is 0.368. The Morgan fingerprint density at radius 2 is 1.88 bits per heavy atom. The maximum absolute atomic E-state index is 12.4. The Balaban J connectivity index is 1.54. The molecule has 1 aromatic carbocycles. The predicted molar refractivity (Wildman–Crippen MR) is 104 cm³/mol. The second-order valence-corrected chi connectivity index (χ2v) is 7.20. The first-order valence-corrected chi connectivity index (χ1v) is 9.45. The van der Waals surface area contributed by atoms with E-state index >= 15 is 0 Å². The number of rotatable bonds is 5. The summed E-state index contributed by atoms with van der Waals surface area (Å²) in [4.78, 5) is 29.0. The maximum Gasteiger partial charge on any atom is 0.264 e. The van der Waals surface area contributed by atoms with Gasteiger partial charge in [0.1, 0.15) is 0 Å². The van der Waals surface area contributed by atoms with Crippen LogP contribution in [0.25, 0.3) is 0 Å². The molecule has 3 rings (SSSR count). The summed E-state index contributed by atoms with van der Waals surface area (Å²) >= 11 is 1.40. The third-order valence-corrected chi connectivity index (χ3v) is 5.32. The van der Waals surface area contributed by atoms with Gasteiger partial charge >= 0.3 is 0 Å². The largest absolute Gasteiger partial charge is 0.378 e. The summed E-state index contributed by atoms with van der Waals surface area (Å²) in [5.41, 5.74) is 2.78. The lowest BCUT2D eigenvalue weighted by Gasteiger charge is -2.28. The molecule has 0 saturated carbocycles. The van der Waals surface area contributed by atoms with E-state index in [1.807, 2.05) is 42.6 Å². The van der Waals surface area contributed by atoms with Crippen LogP contribution in [0.1, 0.15) is 15.2 Å². The van der Waals surface area contributed by atoms with Crippen molar-refractivity contribution >= 4 is 34.5 Å². The van der Waals surface area contributed by atoms with Crippen molar-refractivity contribution in [2.75, 3.05) is 50.1 Å². The highest BCUT2D eigenvalue weighted by molar-refractivity contribution is 7.12. The number of morpholine rings is 1. The van der Waals surface area contributed by atoms with Crippen molar-refractivity contribution in [2.45, 2.75) is 6.92 Å². The summed E-state index contributed by atoms with van der Waals surface area (Å²) in [5.74, 6) is -0.343. The van der Waals surface area contributed by atoms with E-state index in [1.54, 1.807) is 7.05 Å². The van der Waals surface area contributed by atoms with Crippen LogP contribution in [0.2, 0.25) is 0 Å². The van der Waals surface area contributed by atoms with Crippen LogP contribution in [-0.2, 0) is 9.53 Å². The molecule has 138 valence electrons. The first-order chi connectivity index (χ1) is 12.5. The quantitative estimate of drug-likeness (QED) is 0.875. The van der Waals surface area contributed by atoms with Gasteiger partial charge in [-0.15, -0.1) is 11.3 Å². The molecule has 1 aliphatic rings. The maximum atomic E-state index is 12.4. The van der Waals surface area contributed by atoms with Gasteiger partial charge in [0.05, 0.1) is 24.6 Å². The minimum atomic E-state index is -0.214. The highest BCUT2D eigenvalue weighted by Gasteiger charge is 2.18. The van der Waals surface area contributed by atoms with E-state index in [0.717, 1.165) is 43.2 Å². The average Bonchev–Trinajstić information content (AvgIpc) is 3.08. The Hall–Kier alpha value is -2.38. The van der Waals surface area contributed by atoms with Crippen LogP contribution < -0.4 is 10.2 Å². The zero-order chi connectivity index (χ0) is 18.5. The van der Waals surface area contributed by atoms with Crippen LogP contribution in [0, 0.1) is 6.92 Å². The van der Waals surface area contributed by atoms with Gasteiger partial charge in [0.15, 0.2) is 0 Å². The Morgan fingerprint density at radius 1 is 1.19 bits per heavy atom. The van der Waals surface area contributed by atoms with E-state index in [2.05, 4.69) is 10.2 Å². The summed E-state index contributed by atoms with van der Waals surface area (Å²) in [6.45, 7) is 5.14. The van der Waals surface area contributed by atoms with E-state index in [0.29, 0.717) is 4.88 Å². The summed E-state index contributed by atoms with van der Waals surface area (Å²) in [5, 5.41) is 4.73. The number of nitrogens with zero attached hydrogens (tertiary/aromatic N) is 2. The molecule has 0 atom stereocenters. The van der Waals surface area contributed by atoms with Crippen molar-refractivity contribution in [3.63, 3.8) is 0 Å². The molecule has 1 saturated heterocycles. The molecule has 1 fully saturated rings. The minimum Gasteiger partial charge on any atom is -0.378 e. The van der Waals surface area contributed by atoms with Crippen LogP contribution in [0.4, 0.5) is 11.4 Å². The summed E-state index contributed by atoms with van der Waals surface area (Å²) in [6.07, 6.45) is 0. The number of ether oxygens (including phenoxy) is 1. The Kier molecular flexibility index (Phi) is 5.90. The number of carbonyl (C=O) groups excluding carboxylic acids is 2. The topological polar surface area (TPSA) is 61.9 Å². The molecule has 0 radical (unpaired) electrons. The van der Waals surface area contributed by atoms with Crippen molar-refractivity contribution in [2.24, 2.45) is 0 Å². The highest BCUT2D eigenvalue weighted by Crippen LogP contribution is 2.20. The van der Waals surface area contributed by atoms with Crippen LogP contribution in [0.15, 0.2) is 35.7 Å². The Labute approximate surface area is 157 Å². The smallest absolute Gasteiger partial charge is 0.264 e. The van der Waals surface area contributed by atoms with Crippen molar-refractivity contribution in [1.82, 2.24) is 4.90 Å². The molecule has 0 spiro atoms. The number of carbonyl (C=O) groups is 2. The molecule has 2 amide bonds. The number of hydrogen-bond acceptors (Lipinski definition) is 5. The lowest BCUT2D eigenvalue weighted by atomic mass is 10.2. The van der Waals surface area contributed by atoms with E-state index in [1.165, 1.54) is 16.2 Å². The Morgan fingerprint density at radius 3 is 2.50 bits per heavy atom. The molecule has 2 heterocycles. The van der Waals surface area contributed by atoms with Gasteiger partial charge in [-0.3, -0.25) is 9.59 Å². The molecule has 7 heteroatoms. The third-order valence-electron chi connectivity index (χ3n) is 4.31. The number of nitrogens with one attached hydrogen (secondary N) is 1. The molecule has 1 N–H and O–H groups in total. The van der Waals surface area contributed by atoms with Crippen LogP contribution >= 0.6 is 11.3 Å². The lowest BCUT2D eigenvalue weighted by molar-refractivity contribution is -0.116. The molecule has 1 aliphatic heterocycles. The molecular formula is C19H23N3O3S. The molecule has 0 unspecified atom stereocenters. The van der Waals surface area contributed by atoms with Crippen LogP contribution in [-0.4, -0.2) is 56.6 Å². The fourth-order valence-corrected chi connectivity index (χ4v) is 3.75. The first-order valence-electron chi connectivity index (χ1n) is 8.57. The normalized spacial score (nSPS) is 14.2. The predicted octanol–water partition coefficient (Wildman–Crippen LogP) is 2.60. The SMILES string of the molecule is Cc1ccsc1C(=O)N(C)CC(=O)Nc1ccc(N2CCOCC2)cc1. The highest BCUT2D eigenvalue weighted by atomic mass is 32.1. The van der Waals surface area contributed by atoms with Gasteiger partial charge in [-0.25, -0.2) is 0 Å². The monoisotopic (exact) mass is 373 g/mol. The van der Waals surface area contributed by atoms with Gasteiger partial charge in [-0.2, -0.15) is 0 Å². The van der Waals surface area contributed by atoms with E-state index in [9.17, 15) is 9.59 Å². The number of anilines is 2. The van der Waals surface area contributed by atoms with Crippen molar-refractivity contribution in [1.29, 1.82) is 0 Å². The van der Waals surface area contributed by atoms with Crippen LogP contribution in [0.3, 0.4) is 0 Å². The number of hydrogen-bond donors (Lipinski definition) is 1. The number of amides is 2. The molecule has 26 heavy (non-hydrogen) atoms. The van der Waals surface area contributed by atoms with Gasteiger partial charge in [0.25, 0.3) is 5.91 Å². The van der Waals surface area contributed by atoms with Gasteiger partial charge in [0, 0.05) is 31.5 Å². The minimum absolute atomic E-state index is 0.0153. The van der Waals surface area contributed by atoms with Gasteiger partial charge in [-0.1, -0.05) is 0 Å². The van der Waals surface area contributed by atoms with Crippen molar-refractivity contribution < 1.29 is 14.3 Å². The molecule has 0 aliphatic carbocycles. The molecule has 0 bridgehead atoms. The van der Waals surface area contributed by atoms with E-state index in [-0.39, 0.29) is 18.4 Å². The summed E-state index contributed by atoms with van der Waals surface area (Å²) < 4.78 is 5.36. The van der Waals surface area contributed by atoms with E-state index in [4.69, 9.17) is 4.74 Å². The van der Waals surface area contributed by atoms with Crippen molar-refractivity contribution in [3.05, 3.63) is 46.2 Å². The summed E-state index contributed by atoms with van der Waals surface area (Å²) in [7, 11) is 1.64. The number of aryl methyl sites for hydroxylation is 1. The standard InChI is InChI=1S/C19H23N3O3S/c1-14-7-12-26-18(14)19(24)21(2)13-17(23)20-15-3-5-16(6-4-15)22-8-10-25-11-9-22/h3-7,12H,8-11,13H2,1-2H3,(H,20,23). The first kappa shape index (κ1) is 18.4. The molecule has 2 aromatic rings. The zero-order valence-electron chi connectivity index (χ0n) is 15.0. The van der Waals surface area contributed by atoms with Gasteiger partial charge in [-0.05, 0) is 48.2 Å². The molecule has 1 aromatic heterocycles. The second-order valence-electron chi connectivity index (χ2n) is 6.29. The molecular weight excluding hydrogens is 350 g/mol. The summed E-state index contributed by atoms with van der Waals surface area (Å²) in [6, 6.07) is 9.65. The second kappa shape index (κ2) is 8.33. The average molecular weight is 373 g/mol. The van der Waals surface area contributed by atoms with E-state index < -0.39 is 0 Å². The van der Waals surface area contributed by atoms with Gasteiger partial charge in [0.2, 0.25) is 5.91 Å². The van der Waals surface area contributed by atoms with Crippen molar-refractivity contribution in [3.8, 4) is 0 Å². The van der Waals surface area contributed by atoms with Gasteiger partial charge < -0.3 is 19.9 Å². The third kappa shape index (κ3) is 4.42. The number of thiophene rings is 1. The zero-order valence-corrected chi connectivity index (χ0v) is 15.8. The van der Waals surface area contributed by atoms with Crippen LogP contribution in [0.5, 0.6) is 0 Å². The molecule has 6 nitrogen and oxygen atoms in total. The Bertz CT molecular complexity index is 767. The fourth-order valence-electron chi connectivity index (χ4n) is 2.83.